The predicted octanol–water partition coefficient (Wildman–Crippen LogP) is 2.92. The zero-order valence-electron chi connectivity index (χ0n) is 10.7. The summed E-state index contributed by atoms with van der Waals surface area (Å²) in [5.74, 6) is 1.59. The Labute approximate surface area is 111 Å². The Morgan fingerprint density at radius 2 is 1.88 bits per heavy atom. The summed E-state index contributed by atoms with van der Waals surface area (Å²) in [7, 11) is 3.33. The normalized spacial score (nSPS) is 10.4. The molecule has 1 aromatic rings. The Morgan fingerprint density at radius 1 is 1.24 bits per heavy atom. The van der Waals surface area contributed by atoms with Crippen LogP contribution in [0.2, 0.25) is 0 Å². The van der Waals surface area contributed by atoms with Crippen molar-refractivity contribution >= 4 is 15.9 Å². The molecule has 0 unspecified atom stereocenters. The van der Waals surface area contributed by atoms with Gasteiger partial charge in [-0.05, 0) is 53.4 Å². The van der Waals surface area contributed by atoms with Crippen LogP contribution in [0.3, 0.4) is 0 Å². The fraction of sp³-hybridized carbons (Fsp3) is 0.538. The third-order valence-electron chi connectivity index (χ3n) is 2.80. The number of rotatable bonds is 6. The van der Waals surface area contributed by atoms with Crippen molar-refractivity contribution < 1.29 is 9.47 Å². The first kappa shape index (κ1) is 14.3. The van der Waals surface area contributed by atoms with E-state index in [1.54, 1.807) is 14.2 Å². The molecular weight excluding hydrogens is 282 g/mol. The maximum Gasteiger partial charge on any atom is 0.175 e. The lowest BCUT2D eigenvalue weighted by Crippen LogP contribution is -2.05. The van der Waals surface area contributed by atoms with Crippen molar-refractivity contribution in [2.24, 2.45) is 5.73 Å². The van der Waals surface area contributed by atoms with E-state index in [0.29, 0.717) is 6.54 Å². The molecule has 0 fully saturated rings. The van der Waals surface area contributed by atoms with Crippen molar-refractivity contribution in [3.8, 4) is 11.5 Å². The standard InChI is InChI=1S/C13H20BrNO2/c1-4-10-9(6-5-7-15)8-11(14)13(17-3)12(10)16-2/h8H,4-7,15H2,1-3H3. The minimum absolute atomic E-state index is 0.703. The van der Waals surface area contributed by atoms with Crippen molar-refractivity contribution in [1.82, 2.24) is 0 Å². The van der Waals surface area contributed by atoms with Crippen molar-refractivity contribution in [2.75, 3.05) is 20.8 Å². The number of halogens is 1. The van der Waals surface area contributed by atoms with E-state index in [1.807, 2.05) is 0 Å². The van der Waals surface area contributed by atoms with Gasteiger partial charge in [-0.15, -0.1) is 0 Å². The molecule has 4 heteroatoms. The molecule has 0 aromatic heterocycles. The van der Waals surface area contributed by atoms with Gasteiger partial charge in [0, 0.05) is 5.56 Å². The highest BCUT2D eigenvalue weighted by atomic mass is 79.9. The number of aryl methyl sites for hydroxylation is 1. The van der Waals surface area contributed by atoms with Crippen LogP contribution in [0, 0.1) is 0 Å². The topological polar surface area (TPSA) is 44.5 Å². The second-order valence-corrected chi connectivity index (χ2v) is 4.66. The smallest absolute Gasteiger partial charge is 0.175 e. The molecule has 0 atom stereocenters. The molecule has 0 saturated carbocycles. The number of hydrogen-bond donors (Lipinski definition) is 1. The fourth-order valence-corrected chi connectivity index (χ4v) is 2.62. The zero-order chi connectivity index (χ0) is 12.8. The van der Waals surface area contributed by atoms with Gasteiger partial charge in [-0.1, -0.05) is 6.92 Å². The van der Waals surface area contributed by atoms with Gasteiger partial charge < -0.3 is 15.2 Å². The SMILES string of the molecule is CCc1c(CCCN)cc(Br)c(OC)c1OC. The summed E-state index contributed by atoms with van der Waals surface area (Å²) in [6.07, 6.45) is 2.88. The molecule has 0 heterocycles. The summed E-state index contributed by atoms with van der Waals surface area (Å²) in [5, 5.41) is 0. The van der Waals surface area contributed by atoms with Crippen LogP contribution in [0.1, 0.15) is 24.5 Å². The van der Waals surface area contributed by atoms with Crippen LogP contribution in [-0.4, -0.2) is 20.8 Å². The first-order chi connectivity index (χ1) is 8.19. The summed E-state index contributed by atoms with van der Waals surface area (Å²) in [6.45, 7) is 2.83. The number of methoxy groups -OCH3 is 2. The lowest BCUT2D eigenvalue weighted by atomic mass is 9.99. The quantitative estimate of drug-likeness (QED) is 0.878. The Morgan fingerprint density at radius 3 is 2.35 bits per heavy atom. The molecule has 0 aliphatic heterocycles. The van der Waals surface area contributed by atoms with Crippen LogP contribution in [0.15, 0.2) is 10.5 Å². The van der Waals surface area contributed by atoms with Gasteiger partial charge in [-0.25, -0.2) is 0 Å². The predicted molar refractivity (Wildman–Crippen MR) is 74.0 cm³/mol. The van der Waals surface area contributed by atoms with E-state index in [1.165, 1.54) is 11.1 Å². The maximum absolute atomic E-state index is 5.56. The second kappa shape index (κ2) is 6.87. The Kier molecular flexibility index (Phi) is 5.78. The molecule has 3 nitrogen and oxygen atoms in total. The van der Waals surface area contributed by atoms with Crippen LogP contribution in [0.4, 0.5) is 0 Å². The lowest BCUT2D eigenvalue weighted by molar-refractivity contribution is 0.349. The first-order valence-electron chi connectivity index (χ1n) is 5.81. The summed E-state index contributed by atoms with van der Waals surface area (Å²) in [6, 6.07) is 2.11. The average Bonchev–Trinajstić information content (AvgIpc) is 2.35. The van der Waals surface area contributed by atoms with E-state index in [0.717, 1.165) is 35.2 Å². The zero-order valence-corrected chi connectivity index (χ0v) is 12.3. The number of hydrogen-bond acceptors (Lipinski definition) is 3. The average molecular weight is 302 g/mol. The Hall–Kier alpha value is -0.740. The van der Waals surface area contributed by atoms with Gasteiger partial charge in [0.15, 0.2) is 11.5 Å². The van der Waals surface area contributed by atoms with Gasteiger partial charge in [0.1, 0.15) is 0 Å². The summed E-state index contributed by atoms with van der Waals surface area (Å²) in [5.41, 5.74) is 8.05. The van der Waals surface area contributed by atoms with Crippen molar-refractivity contribution in [1.29, 1.82) is 0 Å². The molecule has 1 rings (SSSR count). The minimum atomic E-state index is 0.703. The van der Waals surface area contributed by atoms with Gasteiger partial charge in [-0.3, -0.25) is 0 Å². The minimum Gasteiger partial charge on any atom is -0.493 e. The van der Waals surface area contributed by atoms with E-state index in [9.17, 15) is 0 Å². The second-order valence-electron chi connectivity index (χ2n) is 3.81. The fourth-order valence-electron chi connectivity index (χ4n) is 2.01. The third kappa shape index (κ3) is 3.13. The molecule has 1 aromatic carbocycles. The molecule has 2 N–H and O–H groups in total. The van der Waals surface area contributed by atoms with Gasteiger partial charge in [0.05, 0.1) is 18.7 Å². The van der Waals surface area contributed by atoms with Crippen molar-refractivity contribution in [2.45, 2.75) is 26.2 Å². The number of ether oxygens (including phenoxy) is 2. The molecular formula is C13H20BrNO2. The molecule has 0 aliphatic rings. The molecule has 96 valence electrons. The Bertz CT molecular complexity index is 380. The molecule has 0 amide bonds. The number of nitrogens with two attached hydrogens (primary N) is 1. The van der Waals surface area contributed by atoms with E-state index < -0.39 is 0 Å². The summed E-state index contributed by atoms with van der Waals surface area (Å²) in [4.78, 5) is 0. The molecule has 0 saturated heterocycles. The molecule has 0 spiro atoms. The van der Waals surface area contributed by atoms with Crippen LogP contribution in [0.25, 0.3) is 0 Å². The lowest BCUT2D eigenvalue weighted by Gasteiger charge is -2.17. The van der Waals surface area contributed by atoms with E-state index in [-0.39, 0.29) is 0 Å². The highest BCUT2D eigenvalue weighted by Crippen LogP contribution is 2.40. The van der Waals surface area contributed by atoms with Crippen molar-refractivity contribution in [3.63, 3.8) is 0 Å². The van der Waals surface area contributed by atoms with Crippen LogP contribution in [0.5, 0.6) is 11.5 Å². The maximum atomic E-state index is 5.56. The van der Waals surface area contributed by atoms with E-state index in [4.69, 9.17) is 15.2 Å². The molecule has 0 radical (unpaired) electrons. The van der Waals surface area contributed by atoms with Gasteiger partial charge in [0.2, 0.25) is 0 Å². The molecule has 0 bridgehead atoms. The third-order valence-corrected chi connectivity index (χ3v) is 3.39. The van der Waals surface area contributed by atoms with E-state index >= 15 is 0 Å². The van der Waals surface area contributed by atoms with Crippen LogP contribution in [-0.2, 0) is 12.8 Å². The number of benzene rings is 1. The van der Waals surface area contributed by atoms with Crippen LogP contribution < -0.4 is 15.2 Å². The monoisotopic (exact) mass is 301 g/mol. The highest BCUT2D eigenvalue weighted by molar-refractivity contribution is 9.10. The van der Waals surface area contributed by atoms with E-state index in [2.05, 4.69) is 28.9 Å². The van der Waals surface area contributed by atoms with Gasteiger partial charge >= 0.3 is 0 Å². The largest absolute Gasteiger partial charge is 0.493 e. The summed E-state index contributed by atoms with van der Waals surface area (Å²) >= 11 is 3.52. The molecule has 17 heavy (non-hydrogen) atoms. The van der Waals surface area contributed by atoms with Gasteiger partial charge in [-0.2, -0.15) is 0 Å². The van der Waals surface area contributed by atoms with Crippen LogP contribution >= 0.6 is 15.9 Å². The Balaban J connectivity index is 3.26. The highest BCUT2D eigenvalue weighted by Gasteiger charge is 2.16. The summed E-state index contributed by atoms with van der Waals surface area (Å²) < 4.78 is 11.8. The molecule has 0 aliphatic carbocycles. The van der Waals surface area contributed by atoms with Crippen molar-refractivity contribution in [3.05, 3.63) is 21.7 Å². The van der Waals surface area contributed by atoms with Gasteiger partial charge in [0.25, 0.3) is 0 Å². The first-order valence-corrected chi connectivity index (χ1v) is 6.61.